The first-order valence-electron chi connectivity index (χ1n) is 10.5. The Morgan fingerprint density at radius 1 is 0.875 bits per heavy atom. The predicted molar refractivity (Wildman–Crippen MR) is 126 cm³/mol. The van der Waals surface area contributed by atoms with E-state index < -0.39 is 6.09 Å². The van der Waals surface area contributed by atoms with Crippen LogP contribution in [0.5, 0.6) is 5.75 Å². The molecule has 0 heterocycles. The van der Waals surface area contributed by atoms with Gasteiger partial charge in [0.25, 0.3) is 0 Å². The number of alkyl carbamates (subject to hydrolysis) is 1. The van der Waals surface area contributed by atoms with Crippen molar-refractivity contribution in [2.45, 2.75) is 5.92 Å². The molecule has 0 saturated carbocycles. The number of nitrogens with one attached hydrogen (secondary N) is 1. The van der Waals surface area contributed by atoms with Gasteiger partial charge in [0.1, 0.15) is 12.4 Å². The van der Waals surface area contributed by atoms with E-state index in [9.17, 15) is 9.90 Å². The number of amides is 1. The molecule has 0 spiro atoms. The molecule has 1 amide bonds. The lowest BCUT2D eigenvalue weighted by molar-refractivity contribution is 0.144. The minimum Gasteiger partial charge on any atom is -0.508 e. The SMILES string of the molecule is O=C(NCC#Cc1ccc2cc(O)ccc2c1)OCC1c2ccccc2-c2ccccc21. The number of rotatable bonds is 3. The molecular formula is C28H21NO3. The highest BCUT2D eigenvalue weighted by molar-refractivity contribution is 5.85. The Labute approximate surface area is 186 Å². The van der Waals surface area contributed by atoms with E-state index in [0.717, 1.165) is 16.3 Å². The molecule has 0 unspecified atom stereocenters. The molecule has 4 aromatic carbocycles. The lowest BCUT2D eigenvalue weighted by Gasteiger charge is -2.14. The summed E-state index contributed by atoms with van der Waals surface area (Å²) in [5.41, 5.74) is 5.62. The van der Waals surface area contributed by atoms with Gasteiger partial charge in [0.15, 0.2) is 0 Å². The van der Waals surface area contributed by atoms with Gasteiger partial charge in [0.05, 0.1) is 6.54 Å². The summed E-state index contributed by atoms with van der Waals surface area (Å²) in [5.74, 6) is 6.28. The number of fused-ring (bicyclic) bond motifs is 4. The van der Waals surface area contributed by atoms with Gasteiger partial charge < -0.3 is 15.2 Å². The van der Waals surface area contributed by atoms with Crippen molar-refractivity contribution in [3.8, 4) is 28.7 Å². The van der Waals surface area contributed by atoms with Crippen LogP contribution in [-0.2, 0) is 4.74 Å². The van der Waals surface area contributed by atoms with Crippen molar-refractivity contribution in [2.24, 2.45) is 0 Å². The van der Waals surface area contributed by atoms with Gasteiger partial charge in [-0.05, 0) is 57.3 Å². The van der Waals surface area contributed by atoms with Gasteiger partial charge in [-0.2, -0.15) is 0 Å². The minimum atomic E-state index is -0.477. The third-order valence-electron chi connectivity index (χ3n) is 5.72. The van der Waals surface area contributed by atoms with Crippen molar-refractivity contribution in [1.29, 1.82) is 0 Å². The van der Waals surface area contributed by atoms with E-state index in [-0.39, 0.29) is 24.8 Å². The fraction of sp³-hybridized carbons (Fsp3) is 0.107. The Bertz CT molecular complexity index is 1330. The lowest BCUT2D eigenvalue weighted by atomic mass is 9.98. The number of phenols is 1. The van der Waals surface area contributed by atoms with Crippen molar-refractivity contribution in [3.05, 3.63) is 102 Å². The van der Waals surface area contributed by atoms with Crippen molar-refractivity contribution in [2.75, 3.05) is 13.2 Å². The molecule has 5 rings (SSSR count). The fourth-order valence-electron chi connectivity index (χ4n) is 4.22. The van der Waals surface area contributed by atoms with Crippen molar-refractivity contribution < 1.29 is 14.6 Å². The molecule has 0 aliphatic heterocycles. The lowest BCUT2D eigenvalue weighted by Crippen LogP contribution is -2.26. The summed E-state index contributed by atoms with van der Waals surface area (Å²) in [5, 5.41) is 14.2. The second kappa shape index (κ2) is 8.49. The van der Waals surface area contributed by atoms with Crippen LogP contribution in [0.1, 0.15) is 22.6 Å². The number of benzene rings is 4. The standard InChI is InChI=1S/C28H21NO3/c30-22-14-13-20-16-19(11-12-21(20)17-22)6-5-15-29-28(31)32-18-27-25-9-3-1-7-23(25)24-8-2-4-10-26(24)27/h1-4,7-14,16-17,27,30H,15,18H2,(H,29,31). The largest absolute Gasteiger partial charge is 0.508 e. The van der Waals surface area contributed by atoms with Gasteiger partial charge >= 0.3 is 6.09 Å². The summed E-state index contributed by atoms with van der Waals surface area (Å²) >= 11 is 0. The van der Waals surface area contributed by atoms with Gasteiger partial charge in [0, 0.05) is 11.5 Å². The number of ether oxygens (including phenoxy) is 1. The van der Waals surface area contributed by atoms with Gasteiger partial charge in [-0.1, -0.05) is 72.5 Å². The Morgan fingerprint density at radius 3 is 2.28 bits per heavy atom. The smallest absolute Gasteiger partial charge is 0.407 e. The molecule has 156 valence electrons. The van der Waals surface area contributed by atoms with Crippen LogP contribution in [0.3, 0.4) is 0 Å². The number of hydrogen-bond acceptors (Lipinski definition) is 3. The van der Waals surface area contributed by atoms with E-state index in [4.69, 9.17) is 4.74 Å². The Hall–Kier alpha value is -4.23. The van der Waals surface area contributed by atoms with Crippen LogP contribution in [-0.4, -0.2) is 24.4 Å². The quantitative estimate of drug-likeness (QED) is 0.435. The molecule has 0 radical (unpaired) electrons. The summed E-state index contributed by atoms with van der Waals surface area (Å²) in [6.45, 7) is 0.481. The zero-order valence-electron chi connectivity index (χ0n) is 17.3. The monoisotopic (exact) mass is 419 g/mol. The second-order valence-corrected chi connectivity index (χ2v) is 7.73. The van der Waals surface area contributed by atoms with E-state index in [1.165, 1.54) is 22.3 Å². The highest BCUT2D eigenvalue weighted by atomic mass is 16.5. The van der Waals surface area contributed by atoms with Crippen LogP contribution in [0.4, 0.5) is 4.79 Å². The van der Waals surface area contributed by atoms with Crippen LogP contribution in [0.2, 0.25) is 0 Å². The number of hydrogen-bond donors (Lipinski definition) is 2. The minimum absolute atomic E-state index is 0.0382. The summed E-state index contributed by atoms with van der Waals surface area (Å²) in [4.78, 5) is 12.2. The van der Waals surface area contributed by atoms with Gasteiger partial charge in [-0.15, -0.1) is 0 Å². The van der Waals surface area contributed by atoms with Crippen molar-refractivity contribution >= 4 is 16.9 Å². The molecule has 4 nitrogen and oxygen atoms in total. The Morgan fingerprint density at radius 2 is 1.53 bits per heavy atom. The average molecular weight is 419 g/mol. The summed E-state index contributed by atoms with van der Waals surface area (Å²) in [6, 6.07) is 27.5. The summed E-state index contributed by atoms with van der Waals surface area (Å²) in [6.07, 6.45) is -0.477. The molecule has 2 N–H and O–H groups in total. The van der Waals surface area contributed by atoms with E-state index in [1.807, 2.05) is 48.5 Å². The summed E-state index contributed by atoms with van der Waals surface area (Å²) < 4.78 is 5.52. The second-order valence-electron chi connectivity index (χ2n) is 7.73. The molecule has 0 atom stereocenters. The van der Waals surface area contributed by atoms with Crippen LogP contribution < -0.4 is 5.32 Å². The first-order valence-corrected chi connectivity index (χ1v) is 10.5. The van der Waals surface area contributed by atoms with Crippen molar-refractivity contribution in [3.63, 3.8) is 0 Å². The molecule has 1 aliphatic rings. The molecule has 0 bridgehead atoms. The normalized spacial score (nSPS) is 11.9. The Kier molecular flexibility index (Phi) is 5.23. The van der Waals surface area contributed by atoms with Crippen LogP contribution in [0.15, 0.2) is 84.9 Å². The molecular weight excluding hydrogens is 398 g/mol. The van der Waals surface area contributed by atoms with Gasteiger partial charge in [-0.3, -0.25) is 0 Å². The Balaban J connectivity index is 1.19. The van der Waals surface area contributed by atoms with Crippen LogP contribution in [0, 0.1) is 11.8 Å². The molecule has 0 saturated heterocycles. The van der Waals surface area contributed by atoms with Gasteiger partial charge in [0.2, 0.25) is 0 Å². The van der Waals surface area contributed by atoms with Crippen LogP contribution in [0.25, 0.3) is 21.9 Å². The predicted octanol–water partition coefficient (Wildman–Crippen LogP) is 5.44. The van der Waals surface area contributed by atoms with Gasteiger partial charge in [-0.25, -0.2) is 4.79 Å². The summed E-state index contributed by atoms with van der Waals surface area (Å²) in [7, 11) is 0. The molecule has 4 aromatic rings. The van der Waals surface area contributed by atoms with E-state index in [0.29, 0.717) is 0 Å². The molecule has 32 heavy (non-hydrogen) atoms. The topological polar surface area (TPSA) is 58.6 Å². The van der Waals surface area contributed by atoms with E-state index in [2.05, 4.69) is 41.4 Å². The van der Waals surface area contributed by atoms with E-state index >= 15 is 0 Å². The molecule has 0 fully saturated rings. The van der Waals surface area contributed by atoms with Crippen LogP contribution >= 0.6 is 0 Å². The molecule has 1 aliphatic carbocycles. The van der Waals surface area contributed by atoms with E-state index in [1.54, 1.807) is 12.1 Å². The first kappa shape index (κ1) is 19.7. The maximum atomic E-state index is 12.2. The third-order valence-corrected chi connectivity index (χ3v) is 5.72. The highest BCUT2D eigenvalue weighted by Crippen LogP contribution is 2.44. The zero-order valence-corrected chi connectivity index (χ0v) is 17.3. The number of carbonyl (C=O) groups is 1. The maximum Gasteiger partial charge on any atom is 0.407 e. The number of phenolic OH excluding ortho intramolecular Hbond substituents is 1. The third kappa shape index (κ3) is 3.89. The van der Waals surface area contributed by atoms with Crippen molar-refractivity contribution in [1.82, 2.24) is 5.32 Å². The number of aromatic hydroxyl groups is 1. The number of carbonyl (C=O) groups excluding carboxylic acids is 1. The molecule has 0 aromatic heterocycles. The highest BCUT2D eigenvalue weighted by Gasteiger charge is 2.28. The average Bonchev–Trinajstić information content (AvgIpc) is 3.14. The maximum absolute atomic E-state index is 12.2. The zero-order chi connectivity index (χ0) is 21.9. The molecule has 4 heteroatoms. The fourth-order valence-corrected chi connectivity index (χ4v) is 4.22. The first-order chi connectivity index (χ1) is 15.7.